The first-order valence-corrected chi connectivity index (χ1v) is 3.84. The van der Waals surface area contributed by atoms with Gasteiger partial charge in [-0.2, -0.15) is 0 Å². The molecule has 1 aliphatic rings. The summed E-state index contributed by atoms with van der Waals surface area (Å²) in [6.07, 6.45) is 2.50. The molecule has 0 aromatic rings. The average molecular weight is 227 g/mol. The first-order valence-electron chi connectivity index (χ1n) is 2.88. The molecule has 0 N–H and O–H groups in total. The van der Waals surface area contributed by atoms with E-state index in [9.17, 15) is 0 Å². The topological polar surface area (TPSA) is 12.5 Å². The van der Waals surface area contributed by atoms with E-state index in [0.717, 1.165) is 13.3 Å². The van der Waals surface area contributed by atoms with Gasteiger partial charge in [-0.05, 0) is 12.8 Å². The van der Waals surface area contributed by atoms with Crippen LogP contribution in [0.1, 0.15) is 12.8 Å². The zero-order chi connectivity index (χ0) is 5.82. The van der Waals surface area contributed by atoms with Crippen molar-refractivity contribution >= 4 is 22.9 Å². The molecule has 8 heavy (non-hydrogen) atoms. The van der Waals surface area contributed by atoms with Gasteiger partial charge >= 0.3 is 0 Å². The molecule has 48 valence electrons. The molecule has 1 aliphatic heterocycles. The second kappa shape index (κ2) is 3.63. The molecule has 0 unspecified atom stereocenters. The maximum absolute atomic E-state index is 5.23. The number of hydrogen-bond acceptors (Lipinski definition) is 2. The Morgan fingerprint density at radius 2 is 2.25 bits per heavy atom. The van der Waals surface area contributed by atoms with Crippen molar-refractivity contribution in [2.24, 2.45) is 0 Å². The first-order chi connectivity index (χ1) is 3.89. The molecule has 1 rings (SSSR count). The van der Waals surface area contributed by atoms with E-state index in [1.165, 1.54) is 19.4 Å². The number of rotatable bonds is 0. The van der Waals surface area contributed by atoms with Crippen LogP contribution in [0.2, 0.25) is 0 Å². The van der Waals surface area contributed by atoms with Gasteiger partial charge in [0.25, 0.3) is 0 Å². The second-order valence-electron chi connectivity index (χ2n) is 1.93. The summed E-state index contributed by atoms with van der Waals surface area (Å²) in [5, 5.41) is 0. The van der Waals surface area contributed by atoms with E-state index in [4.69, 9.17) is 4.74 Å². The van der Waals surface area contributed by atoms with Gasteiger partial charge in [0.1, 0.15) is 6.73 Å². The van der Waals surface area contributed by atoms with Crippen LogP contribution in [-0.4, -0.2) is 23.0 Å². The van der Waals surface area contributed by atoms with Gasteiger partial charge in [0, 0.05) is 36.0 Å². The van der Waals surface area contributed by atoms with Crippen molar-refractivity contribution in [1.82, 2.24) is 3.11 Å². The minimum absolute atomic E-state index is 0.806. The van der Waals surface area contributed by atoms with Crippen LogP contribution in [0, 0.1) is 0 Å². The molecule has 0 aliphatic carbocycles. The predicted molar refractivity (Wildman–Crippen MR) is 40.8 cm³/mol. The normalized spacial score (nSPS) is 25.1. The highest BCUT2D eigenvalue weighted by molar-refractivity contribution is 14.1. The van der Waals surface area contributed by atoms with Gasteiger partial charge < -0.3 is 4.74 Å². The molecule has 1 fully saturated rings. The van der Waals surface area contributed by atoms with E-state index in [-0.39, 0.29) is 0 Å². The monoisotopic (exact) mass is 227 g/mol. The zero-order valence-electron chi connectivity index (χ0n) is 4.77. The van der Waals surface area contributed by atoms with E-state index < -0.39 is 0 Å². The molecular formula is C5H10INO. The summed E-state index contributed by atoms with van der Waals surface area (Å²) in [4.78, 5) is 0. The molecule has 1 heterocycles. The van der Waals surface area contributed by atoms with Crippen molar-refractivity contribution in [2.45, 2.75) is 12.8 Å². The molecule has 0 aromatic heterocycles. The van der Waals surface area contributed by atoms with E-state index in [2.05, 4.69) is 26.0 Å². The lowest BCUT2D eigenvalue weighted by Crippen LogP contribution is -2.12. The minimum atomic E-state index is 0.806. The Labute approximate surface area is 63.7 Å². The molecule has 0 aromatic carbocycles. The standard InChI is InChI=1S/C5H10INO/c6-7-3-1-2-4-8-5-7/h1-5H2. The fraction of sp³-hybridized carbons (Fsp3) is 1.00. The summed E-state index contributed by atoms with van der Waals surface area (Å²) < 4.78 is 7.40. The van der Waals surface area contributed by atoms with E-state index in [1.807, 2.05) is 0 Å². The Hall–Kier alpha value is 0.650. The number of ether oxygens (including phenoxy) is 1. The van der Waals surface area contributed by atoms with Gasteiger partial charge in [0.2, 0.25) is 0 Å². The lowest BCUT2D eigenvalue weighted by molar-refractivity contribution is 0.103. The van der Waals surface area contributed by atoms with Crippen molar-refractivity contribution in [2.75, 3.05) is 19.9 Å². The molecule has 3 heteroatoms. The molecule has 0 spiro atoms. The lowest BCUT2D eigenvalue weighted by atomic mass is 10.3. The Morgan fingerprint density at radius 3 is 3.12 bits per heavy atom. The molecular weight excluding hydrogens is 217 g/mol. The van der Waals surface area contributed by atoms with Crippen LogP contribution in [0.3, 0.4) is 0 Å². The molecule has 0 atom stereocenters. The molecule has 0 bridgehead atoms. The van der Waals surface area contributed by atoms with Crippen LogP contribution in [-0.2, 0) is 4.74 Å². The molecule has 2 nitrogen and oxygen atoms in total. The third-order valence-corrected chi connectivity index (χ3v) is 1.93. The van der Waals surface area contributed by atoms with Gasteiger partial charge in [-0.1, -0.05) is 0 Å². The fourth-order valence-electron chi connectivity index (χ4n) is 0.716. The quantitative estimate of drug-likeness (QED) is 0.458. The molecule has 1 saturated heterocycles. The molecule has 0 saturated carbocycles. The van der Waals surface area contributed by atoms with Gasteiger partial charge in [-0.3, -0.25) is 0 Å². The van der Waals surface area contributed by atoms with E-state index in [0.29, 0.717) is 0 Å². The highest BCUT2D eigenvalue weighted by Gasteiger charge is 2.03. The smallest absolute Gasteiger partial charge is 0.107 e. The second-order valence-corrected chi connectivity index (χ2v) is 3.30. The van der Waals surface area contributed by atoms with Crippen molar-refractivity contribution in [3.63, 3.8) is 0 Å². The third kappa shape index (κ3) is 2.28. The molecule has 0 amide bonds. The Bertz CT molecular complexity index is 61.4. The van der Waals surface area contributed by atoms with Crippen LogP contribution >= 0.6 is 22.9 Å². The van der Waals surface area contributed by atoms with Gasteiger partial charge in [-0.25, -0.2) is 3.11 Å². The summed E-state index contributed by atoms with van der Waals surface area (Å²) >= 11 is 2.29. The zero-order valence-corrected chi connectivity index (χ0v) is 6.93. The van der Waals surface area contributed by atoms with Crippen LogP contribution < -0.4 is 0 Å². The number of nitrogens with zero attached hydrogens (tertiary/aromatic N) is 1. The van der Waals surface area contributed by atoms with Crippen molar-refractivity contribution in [3.05, 3.63) is 0 Å². The lowest BCUT2D eigenvalue weighted by Gasteiger charge is -2.07. The first kappa shape index (κ1) is 6.77. The van der Waals surface area contributed by atoms with Crippen molar-refractivity contribution in [1.29, 1.82) is 0 Å². The van der Waals surface area contributed by atoms with Crippen LogP contribution in [0.5, 0.6) is 0 Å². The fourth-order valence-corrected chi connectivity index (χ4v) is 1.25. The highest BCUT2D eigenvalue weighted by Crippen LogP contribution is 2.06. The van der Waals surface area contributed by atoms with Gasteiger partial charge in [0.05, 0.1) is 0 Å². The van der Waals surface area contributed by atoms with Gasteiger partial charge in [0.15, 0.2) is 0 Å². The highest BCUT2D eigenvalue weighted by atomic mass is 127. The summed E-state index contributed by atoms with van der Waals surface area (Å²) in [5.41, 5.74) is 0. The average Bonchev–Trinajstić information content (AvgIpc) is 1.94. The Kier molecular flexibility index (Phi) is 3.07. The SMILES string of the molecule is IN1CCCCOC1. The van der Waals surface area contributed by atoms with Crippen molar-refractivity contribution < 1.29 is 4.74 Å². The largest absolute Gasteiger partial charge is 0.365 e. The molecule has 0 radical (unpaired) electrons. The summed E-state index contributed by atoms with van der Waals surface area (Å²) in [5.74, 6) is 0. The van der Waals surface area contributed by atoms with Gasteiger partial charge in [-0.15, -0.1) is 0 Å². The summed E-state index contributed by atoms with van der Waals surface area (Å²) in [6, 6.07) is 0. The Morgan fingerprint density at radius 1 is 1.38 bits per heavy atom. The third-order valence-electron chi connectivity index (χ3n) is 1.17. The van der Waals surface area contributed by atoms with Crippen LogP contribution in [0.15, 0.2) is 0 Å². The van der Waals surface area contributed by atoms with Crippen LogP contribution in [0.25, 0.3) is 0 Å². The van der Waals surface area contributed by atoms with E-state index >= 15 is 0 Å². The maximum Gasteiger partial charge on any atom is 0.107 e. The van der Waals surface area contributed by atoms with E-state index in [1.54, 1.807) is 0 Å². The predicted octanol–water partition coefficient (Wildman–Crippen LogP) is 1.41. The number of hydrogen-bond donors (Lipinski definition) is 0. The number of halogens is 1. The summed E-state index contributed by atoms with van der Waals surface area (Å²) in [7, 11) is 0. The van der Waals surface area contributed by atoms with Crippen molar-refractivity contribution in [3.8, 4) is 0 Å². The summed E-state index contributed by atoms with van der Waals surface area (Å²) in [6.45, 7) is 2.93. The minimum Gasteiger partial charge on any atom is -0.365 e. The Balaban J connectivity index is 2.17. The maximum atomic E-state index is 5.23. The van der Waals surface area contributed by atoms with Crippen LogP contribution in [0.4, 0.5) is 0 Å².